The molecule has 0 spiro atoms. The number of anilines is 2. The number of nitrogens with one attached hydrogen (secondary N) is 1. The normalized spacial score (nSPS) is 11.2. The zero-order valence-electron chi connectivity index (χ0n) is 9.79. The van der Waals surface area contributed by atoms with Gasteiger partial charge >= 0.3 is 0 Å². The van der Waals surface area contributed by atoms with Gasteiger partial charge in [0.05, 0.1) is 10.6 Å². The molecule has 1 aromatic heterocycles. The highest BCUT2D eigenvalue weighted by Crippen LogP contribution is 2.20. The smallest absolute Gasteiger partial charge is 0.262 e. The average molecular weight is 263 g/mol. The number of sulfonamides is 1. The van der Waals surface area contributed by atoms with Gasteiger partial charge in [-0.3, -0.25) is 9.71 Å². The van der Waals surface area contributed by atoms with E-state index < -0.39 is 10.0 Å². The number of benzene rings is 1. The molecule has 0 aliphatic heterocycles. The first-order chi connectivity index (χ1) is 8.49. The zero-order chi connectivity index (χ0) is 13.2. The topological polar surface area (TPSA) is 85.1 Å². The highest BCUT2D eigenvalue weighted by Gasteiger charge is 2.16. The van der Waals surface area contributed by atoms with Crippen molar-refractivity contribution in [3.05, 3.63) is 48.3 Å². The van der Waals surface area contributed by atoms with Crippen LogP contribution in [0.25, 0.3) is 0 Å². The predicted octanol–water partition coefficient (Wildman–Crippen LogP) is 1.77. The lowest BCUT2D eigenvalue weighted by molar-refractivity contribution is 0.600. The first-order valence-corrected chi connectivity index (χ1v) is 6.76. The van der Waals surface area contributed by atoms with Gasteiger partial charge in [-0.2, -0.15) is 0 Å². The van der Waals surface area contributed by atoms with Crippen LogP contribution in [0.5, 0.6) is 0 Å². The van der Waals surface area contributed by atoms with E-state index in [4.69, 9.17) is 5.73 Å². The average Bonchev–Trinajstić information content (AvgIpc) is 2.29. The molecule has 3 N–H and O–H groups in total. The number of nitrogen functional groups attached to an aromatic ring is 1. The van der Waals surface area contributed by atoms with Gasteiger partial charge in [0, 0.05) is 18.1 Å². The minimum Gasteiger partial charge on any atom is -0.399 e. The second-order valence-corrected chi connectivity index (χ2v) is 5.52. The Hall–Kier alpha value is -2.08. The van der Waals surface area contributed by atoms with Crippen molar-refractivity contribution in [3.8, 4) is 0 Å². The highest BCUT2D eigenvalue weighted by atomic mass is 32.2. The van der Waals surface area contributed by atoms with Crippen LogP contribution >= 0.6 is 0 Å². The molecule has 94 valence electrons. The Kier molecular flexibility index (Phi) is 3.20. The molecule has 2 rings (SSSR count). The summed E-state index contributed by atoms with van der Waals surface area (Å²) in [4.78, 5) is 4.04. The van der Waals surface area contributed by atoms with Crippen LogP contribution in [-0.4, -0.2) is 13.4 Å². The van der Waals surface area contributed by atoms with E-state index in [1.54, 1.807) is 31.2 Å². The van der Waals surface area contributed by atoms with E-state index >= 15 is 0 Å². The standard InChI is InChI=1S/C12H13N3O2S/c1-9-8-10(13)2-3-12(9)18(16,17)15-11-4-6-14-7-5-11/h2-8H,13H2,1H3,(H,14,15). The van der Waals surface area contributed by atoms with Gasteiger partial charge in [0.2, 0.25) is 0 Å². The molecule has 0 saturated heterocycles. The predicted molar refractivity (Wildman–Crippen MR) is 70.6 cm³/mol. The van der Waals surface area contributed by atoms with E-state index in [0.717, 1.165) is 0 Å². The van der Waals surface area contributed by atoms with Crippen LogP contribution in [-0.2, 0) is 10.0 Å². The number of hydrogen-bond acceptors (Lipinski definition) is 4. The molecule has 6 heteroatoms. The minimum absolute atomic E-state index is 0.216. The SMILES string of the molecule is Cc1cc(N)ccc1S(=O)(=O)Nc1ccncc1. The molecule has 0 atom stereocenters. The maximum absolute atomic E-state index is 12.2. The van der Waals surface area contributed by atoms with Gasteiger partial charge in [-0.15, -0.1) is 0 Å². The number of pyridine rings is 1. The Morgan fingerprint density at radius 3 is 2.44 bits per heavy atom. The third-order valence-corrected chi connectivity index (χ3v) is 3.96. The van der Waals surface area contributed by atoms with Crippen LogP contribution in [0.15, 0.2) is 47.6 Å². The number of hydrogen-bond donors (Lipinski definition) is 2. The molecule has 0 saturated carbocycles. The van der Waals surface area contributed by atoms with E-state index in [1.165, 1.54) is 18.5 Å². The summed E-state index contributed by atoms with van der Waals surface area (Å²) >= 11 is 0. The van der Waals surface area contributed by atoms with Gasteiger partial charge < -0.3 is 5.73 Å². The first kappa shape index (κ1) is 12.4. The molecule has 1 aromatic carbocycles. The van der Waals surface area contributed by atoms with Crippen molar-refractivity contribution in [2.24, 2.45) is 0 Å². The van der Waals surface area contributed by atoms with Crippen LogP contribution in [0.1, 0.15) is 5.56 Å². The fraction of sp³-hybridized carbons (Fsp3) is 0.0833. The Bertz CT molecular complexity index is 654. The van der Waals surface area contributed by atoms with Crippen molar-refractivity contribution >= 4 is 21.4 Å². The lowest BCUT2D eigenvalue weighted by atomic mass is 10.2. The first-order valence-electron chi connectivity index (χ1n) is 5.28. The van der Waals surface area contributed by atoms with E-state index in [-0.39, 0.29) is 4.90 Å². The van der Waals surface area contributed by atoms with Crippen molar-refractivity contribution in [1.82, 2.24) is 4.98 Å². The van der Waals surface area contributed by atoms with Crippen molar-refractivity contribution in [1.29, 1.82) is 0 Å². The van der Waals surface area contributed by atoms with E-state index in [9.17, 15) is 8.42 Å². The second kappa shape index (κ2) is 4.66. The number of aryl methyl sites for hydroxylation is 1. The van der Waals surface area contributed by atoms with E-state index in [2.05, 4.69) is 9.71 Å². The molecule has 2 aromatic rings. The van der Waals surface area contributed by atoms with Crippen LogP contribution in [0, 0.1) is 6.92 Å². The summed E-state index contributed by atoms with van der Waals surface area (Å²) in [7, 11) is -3.59. The van der Waals surface area contributed by atoms with Gasteiger partial charge in [-0.25, -0.2) is 8.42 Å². The number of rotatable bonds is 3. The lowest BCUT2D eigenvalue weighted by Crippen LogP contribution is -2.14. The molecule has 0 unspecified atom stereocenters. The number of nitrogens with zero attached hydrogens (tertiary/aromatic N) is 1. The van der Waals surface area contributed by atoms with Gasteiger partial charge in [0.15, 0.2) is 0 Å². The molecule has 0 bridgehead atoms. The fourth-order valence-electron chi connectivity index (χ4n) is 1.60. The summed E-state index contributed by atoms with van der Waals surface area (Å²) in [5.41, 5.74) is 7.22. The Labute approximate surface area is 106 Å². The van der Waals surface area contributed by atoms with Gasteiger partial charge in [-0.1, -0.05) is 0 Å². The molecule has 0 aliphatic rings. The molecular weight excluding hydrogens is 250 g/mol. The fourth-order valence-corrected chi connectivity index (χ4v) is 2.89. The number of aromatic nitrogens is 1. The molecule has 0 fully saturated rings. The maximum atomic E-state index is 12.2. The molecule has 5 nitrogen and oxygen atoms in total. The Balaban J connectivity index is 2.37. The quantitative estimate of drug-likeness (QED) is 0.826. The van der Waals surface area contributed by atoms with Crippen LogP contribution < -0.4 is 10.5 Å². The molecule has 0 amide bonds. The Morgan fingerprint density at radius 1 is 1.17 bits per heavy atom. The lowest BCUT2D eigenvalue weighted by Gasteiger charge is -2.10. The van der Waals surface area contributed by atoms with E-state index in [1.807, 2.05) is 0 Å². The summed E-state index contributed by atoms with van der Waals surface area (Å²) in [6.45, 7) is 1.71. The van der Waals surface area contributed by atoms with E-state index in [0.29, 0.717) is 16.9 Å². The summed E-state index contributed by atoms with van der Waals surface area (Å²) in [5, 5.41) is 0. The van der Waals surface area contributed by atoms with Crippen LogP contribution in [0.3, 0.4) is 0 Å². The number of nitrogens with two attached hydrogens (primary N) is 1. The summed E-state index contributed by atoms with van der Waals surface area (Å²) in [5.74, 6) is 0. The van der Waals surface area contributed by atoms with Gasteiger partial charge in [-0.05, 0) is 42.8 Å². The van der Waals surface area contributed by atoms with Crippen LogP contribution in [0.4, 0.5) is 11.4 Å². The zero-order valence-corrected chi connectivity index (χ0v) is 10.6. The minimum atomic E-state index is -3.59. The van der Waals surface area contributed by atoms with Gasteiger partial charge in [0.25, 0.3) is 10.0 Å². The van der Waals surface area contributed by atoms with Gasteiger partial charge in [0.1, 0.15) is 0 Å². The van der Waals surface area contributed by atoms with Crippen molar-refractivity contribution in [2.45, 2.75) is 11.8 Å². The molecule has 0 radical (unpaired) electrons. The monoisotopic (exact) mass is 263 g/mol. The third-order valence-electron chi connectivity index (χ3n) is 2.42. The second-order valence-electron chi connectivity index (χ2n) is 3.87. The maximum Gasteiger partial charge on any atom is 0.262 e. The van der Waals surface area contributed by atoms with Crippen molar-refractivity contribution in [2.75, 3.05) is 10.5 Å². The van der Waals surface area contributed by atoms with Crippen molar-refractivity contribution < 1.29 is 8.42 Å². The largest absolute Gasteiger partial charge is 0.399 e. The molecule has 0 aliphatic carbocycles. The molecule has 18 heavy (non-hydrogen) atoms. The molecular formula is C12H13N3O2S. The summed E-state index contributed by atoms with van der Waals surface area (Å²) in [6, 6.07) is 7.86. The molecule has 1 heterocycles. The highest BCUT2D eigenvalue weighted by molar-refractivity contribution is 7.92. The van der Waals surface area contributed by atoms with Crippen LogP contribution in [0.2, 0.25) is 0 Å². The summed E-state index contributed by atoms with van der Waals surface area (Å²) < 4.78 is 26.8. The Morgan fingerprint density at radius 2 is 1.83 bits per heavy atom. The summed E-state index contributed by atoms with van der Waals surface area (Å²) in [6.07, 6.45) is 3.04. The van der Waals surface area contributed by atoms with Crippen molar-refractivity contribution in [3.63, 3.8) is 0 Å². The third kappa shape index (κ3) is 2.60.